The molecule has 6 nitrogen and oxygen atoms in total. The summed E-state index contributed by atoms with van der Waals surface area (Å²) >= 11 is 0. The van der Waals surface area contributed by atoms with Crippen LogP contribution in [0.15, 0.2) is 60.8 Å². The Morgan fingerprint density at radius 3 is 1.36 bits per heavy atom. The van der Waals surface area contributed by atoms with Gasteiger partial charge >= 0.3 is 0 Å². The van der Waals surface area contributed by atoms with E-state index in [-0.39, 0.29) is 5.95 Å². The molecule has 0 amide bonds. The first-order valence-corrected chi connectivity index (χ1v) is 6.68. The van der Waals surface area contributed by atoms with Gasteiger partial charge in [0.2, 0.25) is 5.95 Å². The molecular formula is C16H14N6. The molecule has 0 spiro atoms. The monoisotopic (exact) mass is 290 g/mol. The maximum absolute atomic E-state index is 5.23. The number of hydrogen-bond donors (Lipinski definition) is 2. The van der Waals surface area contributed by atoms with E-state index in [9.17, 15) is 0 Å². The topological polar surface area (TPSA) is 104 Å². The summed E-state index contributed by atoms with van der Waals surface area (Å²) in [6.07, 6.45) is 1.51. The SMILES string of the molecule is Nc1ccnc(N)n1.c1ccc2nc3ccccc3nc2c1. The third kappa shape index (κ3) is 3.06. The molecule has 4 rings (SSSR count). The summed E-state index contributed by atoms with van der Waals surface area (Å²) in [6.45, 7) is 0. The van der Waals surface area contributed by atoms with Crippen LogP contribution < -0.4 is 11.5 Å². The van der Waals surface area contributed by atoms with Crippen molar-refractivity contribution in [1.29, 1.82) is 0 Å². The molecule has 0 saturated carbocycles. The molecule has 0 bridgehead atoms. The number of aromatic nitrogens is 4. The first kappa shape index (κ1) is 13.7. The van der Waals surface area contributed by atoms with Crippen molar-refractivity contribution in [3.8, 4) is 0 Å². The molecule has 0 fully saturated rings. The molecule has 4 aromatic rings. The van der Waals surface area contributed by atoms with Gasteiger partial charge in [-0.25, -0.2) is 15.0 Å². The highest BCUT2D eigenvalue weighted by atomic mass is 15.0. The predicted molar refractivity (Wildman–Crippen MR) is 87.9 cm³/mol. The highest BCUT2D eigenvalue weighted by molar-refractivity contribution is 5.85. The van der Waals surface area contributed by atoms with E-state index in [1.807, 2.05) is 48.5 Å². The van der Waals surface area contributed by atoms with Gasteiger partial charge in [0.05, 0.1) is 22.1 Å². The summed E-state index contributed by atoms with van der Waals surface area (Å²) in [4.78, 5) is 16.3. The summed E-state index contributed by atoms with van der Waals surface area (Å²) in [7, 11) is 0. The van der Waals surface area contributed by atoms with Crippen LogP contribution in [0.2, 0.25) is 0 Å². The fourth-order valence-electron chi connectivity index (χ4n) is 1.95. The van der Waals surface area contributed by atoms with Crippen LogP contribution in [0.25, 0.3) is 22.1 Å². The Hall–Kier alpha value is -3.28. The standard InChI is InChI=1S/C12H8N2.C4H6N4/c1-2-6-10-9(5-1)13-11-7-3-4-8-12(11)14-10;5-3-1-2-7-4(6)8-3/h1-8H;1-2H,(H4,5,6,7,8). The van der Waals surface area contributed by atoms with Crippen LogP contribution in [0.3, 0.4) is 0 Å². The molecule has 0 aliphatic heterocycles. The Labute approximate surface area is 126 Å². The van der Waals surface area contributed by atoms with E-state index in [1.54, 1.807) is 6.07 Å². The lowest BCUT2D eigenvalue weighted by atomic mass is 10.2. The van der Waals surface area contributed by atoms with Crippen LogP contribution >= 0.6 is 0 Å². The van der Waals surface area contributed by atoms with Gasteiger partial charge in [-0.1, -0.05) is 24.3 Å². The Kier molecular flexibility index (Phi) is 3.74. The van der Waals surface area contributed by atoms with Gasteiger partial charge in [0.1, 0.15) is 5.82 Å². The van der Waals surface area contributed by atoms with E-state index >= 15 is 0 Å². The minimum absolute atomic E-state index is 0.213. The Morgan fingerprint density at radius 2 is 1.05 bits per heavy atom. The van der Waals surface area contributed by atoms with Crippen molar-refractivity contribution >= 4 is 33.8 Å². The van der Waals surface area contributed by atoms with Crippen molar-refractivity contribution in [2.75, 3.05) is 11.5 Å². The van der Waals surface area contributed by atoms with Gasteiger partial charge in [-0.05, 0) is 30.3 Å². The number of para-hydroxylation sites is 4. The van der Waals surface area contributed by atoms with E-state index in [0.29, 0.717) is 5.82 Å². The zero-order valence-electron chi connectivity index (χ0n) is 11.7. The van der Waals surface area contributed by atoms with Gasteiger partial charge in [-0.15, -0.1) is 0 Å². The third-order valence-corrected chi connectivity index (χ3v) is 2.94. The summed E-state index contributed by atoms with van der Waals surface area (Å²) < 4.78 is 0. The number of fused-ring (bicyclic) bond motifs is 2. The first-order valence-electron chi connectivity index (χ1n) is 6.68. The number of hydrogen-bond acceptors (Lipinski definition) is 6. The first-order chi connectivity index (χ1) is 10.7. The highest BCUT2D eigenvalue weighted by Gasteiger charge is 1.98. The van der Waals surface area contributed by atoms with Crippen molar-refractivity contribution in [2.45, 2.75) is 0 Å². The molecule has 0 aliphatic rings. The second kappa shape index (κ2) is 6.01. The Morgan fingerprint density at radius 1 is 0.591 bits per heavy atom. The number of anilines is 2. The summed E-state index contributed by atoms with van der Waals surface area (Å²) in [5, 5.41) is 0. The largest absolute Gasteiger partial charge is 0.384 e. The highest BCUT2D eigenvalue weighted by Crippen LogP contribution is 2.14. The smallest absolute Gasteiger partial charge is 0.221 e. The number of benzene rings is 2. The number of nitrogens with zero attached hydrogens (tertiary/aromatic N) is 4. The summed E-state index contributed by atoms with van der Waals surface area (Å²) in [6, 6.07) is 17.4. The van der Waals surface area contributed by atoms with E-state index in [4.69, 9.17) is 11.5 Å². The van der Waals surface area contributed by atoms with Crippen molar-refractivity contribution in [3.63, 3.8) is 0 Å². The minimum atomic E-state index is 0.213. The zero-order valence-corrected chi connectivity index (χ0v) is 11.7. The second-order valence-corrected chi connectivity index (χ2v) is 4.54. The molecule has 2 aromatic carbocycles. The molecule has 0 radical (unpaired) electrons. The maximum atomic E-state index is 5.23. The van der Waals surface area contributed by atoms with Gasteiger partial charge in [-0.2, -0.15) is 4.98 Å². The van der Waals surface area contributed by atoms with E-state index < -0.39 is 0 Å². The second-order valence-electron chi connectivity index (χ2n) is 4.54. The van der Waals surface area contributed by atoms with Crippen molar-refractivity contribution in [3.05, 3.63) is 60.8 Å². The molecule has 108 valence electrons. The third-order valence-electron chi connectivity index (χ3n) is 2.94. The van der Waals surface area contributed by atoms with E-state index in [0.717, 1.165) is 22.1 Å². The Bertz CT molecular complexity index is 800. The van der Waals surface area contributed by atoms with Crippen LogP contribution in [-0.4, -0.2) is 19.9 Å². The molecule has 0 unspecified atom stereocenters. The molecule has 2 heterocycles. The molecule has 4 N–H and O–H groups in total. The predicted octanol–water partition coefficient (Wildman–Crippen LogP) is 2.42. The molecular weight excluding hydrogens is 276 g/mol. The maximum Gasteiger partial charge on any atom is 0.221 e. The molecule has 0 atom stereocenters. The average molecular weight is 290 g/mol. The number of nitrogens with two attached hydrogens (primary N) is 2. The van der Waals surface area contributed by atoms with Crippen LogP contribution in [-0.2, 0) is 0 Å². The van der Waals surface area contributed by atoms with E-state index in [1.165, 1.54) is 6.20 Å². The van der Waals surface area contributed by atoms with Crippen molar-refractivity contribution < 1.29 is 0 Å². The fourth-order valence-corrected chi connectivity index (χ4v) is 1.95. The van der Waals surface area contributed by atoms with Crippen LogP contribution in [0, 0.1) is 0 Å². The Balaban J connectivity index is 0.000000154. The van der Waals surface area contributed by atoms with Gasteiger partial charge in [0, 0.05) is 6.20 Å². The number of rotatable bonds is 0. The fraction of sp³-hybridized carbons (Fsp3) is 0. The van der Waals surface area contributed by atoms with Gasteiger partial charge in [0.25, 0.3) is 0 Å². The van der Waals surface area contributed by atoms with Crippen molar-refractivity contribution in [2.24, 2.45) is 0 Å². The summed E-state index contributed by atoms with van der Waals surface area (Å²) in [5.74, 6) is 0.613. The molecule has 22 heavy (non-hydrogen) atoms. The summed E-state index contributed by atoms with van der Waals surface area (Å²) in [5.41, 5.74) is 14.2. The zero-order chi connectivity index (χ0) is 15.4. The van der Waals surface area contributed by atoms with Crippen LogP contribution in [0.1, 0.15) is 0 Å². The van der Waals surface area contributed by atoms with Crippen molar-refractivity contribution in [1.82, 2.24) is 19.9 Å². The quantitative estimate of drug-likeness (QED) is 0.482. The lowest BCUT2D eigenvalue weighted by molar-refractivity contribution is 1.19. The van der Waals surface area contributed by atoms with Crippen LogP contribution in [0.5, 0.6) is 0 Å². The van der Waals surface area contributed by atoms with Crippen LogP contribution in [0.4, 0.5) is 11.8 Å². The minimum Gasteiger partial charge on any atom is -0.384 e. The van der Waals surface area contributed by atoms with Gasteiger partial charge in [-0.3, -0.25) is 0 Å². The molecule has 6 heteroatoms. The van der Waals surface area contributed by atoms with Gasteiger partial charge in [0.15, 0.2) is 0 Å². The molecule has 0 saturated heterocycles. The lowest BCUT2D eigenvalue weighted by Gasteiger charge is -1.98. The molecule has 2 aromatic heterocycles. The molecule has 0 aliphatic carbocycles. The lowest BCUT2D eigenvalue weighted by Crippen LogP contribution is -1.96. The number of nitrogen functional groups attached to an aromatic ring is 2. The average Bonchev–Trinajstić information content (AvgIpc) is 2.53. The van der Waals surface area contributed by atoms with Gasteiger partial charge < -0.3 is 11.5 Å². The normalized spacial score (nSPS) is 10.2. The van der Waals surface area contributed by atoms with E-state index in [2.05, 4.69) is 19.9 Å².